The van der Waals surface area contributed by atoms with E-state index in [4.69, 9.17) is 22.1 Å². The topological polar surface area (TPSA) is 78.6 Å². The van der Waals surface area contributed by atoms with E-state index in [9.17, 15) is 0 Å². The van der Waals surface area contributed by atoms with Crippen molar-refractivity contribution in [3.05, 3.63) is 65.0 Å². The van der Waals surface area contributed by atoms with E-state index in [2.05, 4.69) is 20.1 Å². The van der Waals surface area contributed by atoms with Gasteiger partial charge in [0.2, 0.25) is 0 Å². The maximum Gasteiger partial charge on any atom is 0.182 e. The lowest BCUT2D eigenvalue weighted by atomic mass is 9.92. The highest BCUT2D eigenvalue weighted by Gasteiger charge is 2.29. The van der Waals surface area contributed by atoms with Crippen LogP contribution in [0.3, 0.4) is 0 Å². The van der Waals surface area contributed by atoms with Crippen molar-refractivity contribution < 1.29 is 17.1 Å². The summed E-state index contributed by atoms with van der Waals surface area (Å²) < 4.78 is 76.9. The van der Waals surface area contributed by atoms with Gasteiger partial charge in [0, 0.05) is 49.2 Å². The van der Waals surface area contributed by atoms with E-state index in [-0.39, 0.29) is 17.1 Å². The monoisotopic (exact) mass is 423 g/mol. The van der Waals surface area contributed by atoms with Gasteiger partial charge in [0.25, 0.3) is 0 Å². The number of hydrogen-bond donors (Lipinski definition) is 0. The van der Waals surface area contributed by atoms with Gasteiger partial charge in [-0.2, -0.15) is 5.10 Å². The molecule has 2 atom stereocenters. The molecule has 0 amide bonds. The molecule has 31 heavy (non-hydrogen) atoms. The summed E-state index contributed by atoms with van der Waals surface area (Å²) in [7, 11) is 0. The minimum atomic E-state index is -2.83. The van der Waals surface area contributed by atoms with Gasteiger partial charge in [0.05, 0.1) is 23.7 Å². The van der Waals surface area contributed by atoms with Crippen molar-refractivity contribution in [3.8, 4) is 11.3 Å². The van der Waals surface area contributed by atoms with Crippen molar-refractivity contribution in [2.45, 2.75) is 45.5 Å². The average Bonchev–Trinajstić information content (AvgIpc) is 3.38. The second-order valence-electron chi connectivity index (χ2n) is 7.69. The van der Waals surface area contributed by atoms with Gasteiger partial charge in [-0.3, -0.25) is 4.68 Å². The largest absolute Gasteiger partial charge is 0.373 e. The predicted molar refractivity (Wildman–Crippen MR) is 119 cm³/mol. The molecule has 1 aliphatic heterocycles. The van der Waals surface area contributed by atoms with Crippen LogP contribution in [0.5, 0.6) is 0 Å². The molecule has 158 valence electrons. The Morgan fingerprint density at radius 2 is 1.90 bits per heavy atom. The fourth-order valence-electron chi connectivity index (χ4n) is 3.83. The van der Waals surface area contributed by atoms with Crippen molar-refractivity contribution in [2.24, 2.45) is 6.98 Å². The van der Waals surface area contributed by atoms with Crippen LogP contribution in [0.15, 0.2) is 36.7 Å². The number of hydrogen-bond acceptors (Lipinski definition) is 6. The quantitative estimate of drug-likeness (QED) is 0.487. The van der Waals surface area contributed by atoms with Crippen molar-refractivity contribution in [2.75, 3.05) is 6.61 Å². The molecule has 3 aromatic heterocycles. The molecule has 0 bridgehead atoms. The molecule has 4 aromatic rings. The number of fused-ring (bicyclic) bond motifs is 1. The molecule has 4 heterocycles. The average molecular weight is 424 g/mol. The fraction of sp³-hybridized carbons (Fsp3) is 0.375. The highest BCUT2D eigenvalue weighted by atomic mass is 16.5. The Bertz CT molecular complexity index is 1540. The third-order valence-corrected chi connectivity index (χ3v) is 5.50. The van der Waals surface area contributed by atoms with Crippen LogP contribution in [-0.2, 0) is 11.7 Å². The van der Waals surface area contributed by atoms with E-state index >= 15 is 0 Å². The maximum atomic E-state index is 7.90. The summed E-state index contributed by atoms with van der Waals surface area (Å²) >= 11 is 0. The zero-order valence-corrected chi connectivity index (χ0v) is 16.8. The summed E-state index contributed by atoms with van der Waals surface area (Å²) in [4.78, 5) is 17.9. The number of benzene rings is 1. The molecule has 7 heteroatoms. The van der Waals surface area contributed by atoms with Gasteiger partial charge in [-0.25, -0.2) is 19.9 Å². The van der Waals surface area contributed by atoms with Crippen LogP contribution in [0, 0.1) is 20.6 Å². The highest BCUT2D eigenvalue weighted by molar-refractivity contribution is 5.87. The van der Waals surface area contributed by atoms with E-state index in [1.54, 1.807) is 0 Å². The van der Waals surface area contributed by atoms with E-state index in [1.165, 1.54) is 12.4 Å². The molecule has 1 saturated heterocycles. The molecule has 0 radical (unpaired) electrons. The number of rotatable bonds is 3. The van der Waals surface area contributed by atoms with Crippen molar-refractivity contribution in [1.29, 1.82) is 0 Å². The number of ether oxygens (including phenoxy) is 1. The summed E-state index contributed by atoms with van der Waals surface area (Å²) in [5.74, 6) is 0.135. The molecule has 1 aliphatic rings. The number of aromatic nitrogens is 6. The Morgan fingerprint density at radius 3 is 2.68 bits per heavy atom. The van der Waals surface area contributed by atoms with Crippen molar-refractivity contribution >= 4 is 11.2 Å². The SMILES string of the molecule is [2H]C([2H])([2H])c1nc2nc([C@H]3CCO[C@@H](c4cnn(C([2H])([2H])[2H])c4)C3)nc(-c3ccc(C)cc3)c2nc1C([2H])([2H])[2H]. The first-order valence-electron chi connectivity index (χ1n) is 14.5. The number of nitrogens with zero attached hydrogens (tertiary/aromatic N) is 6. The van der Waals surface area contributed by atoms with E-state index < -0.39 is 38.2 Å². The second-order valence-corrected chi connectivity index (χ2v) is 7.69. The van der Waals surface area contributed by atoms with Crippen LogP contribution >= 0.6 is 0 Å². The molecule has 0 unspecified atom stereocenters. The van der Waals surface area contributed by atoms with Gasteiger partial charge < -0.3 is 4.74 Å². The number of aryl methyl sites for hydroxylation is 4. The van der Waals surface area contributed by atoms with Gasteiger partial charge in [-0.1, -0.05) is 29.8 Å². The Balaban J connectivity index is 1.64. The highest BCUT2D eigenvalue weighted by Crippen LogP contribution is 2.37. The lowest BCUT2D eigenvalue weighted by Gasteiger charge is -2.28. The van der Waals surface area contributed by atoms with Gasteiger partial charge in [-0.15, -0.1) is 0 Å². The van der Waals surface area contributed by atoms with Crippen LogP contribution in [0.25, 0.3) is 22.4 Å². The summed E-state index contributed by atoms with van der Waals surface area (Å²) in [6.07, 6.45) is 3.40. The molecule has 0 spiro atoms. The Kier molecular flexibility index (Phi) is 3.03. The first kappa shape index (κ1) is 12.0. The van der Waals surface area contributed by atoms with Crippen LogP contribution in [0.1, 0.15) is 65.5 Å². The lowest BCUT2D eigenvalue weighted by molar-refractivity contribution is 0.00398. The van der Waals surface area contributed by atoms with Crippen LogP contribution in [-0.4, -0.2) is 36.3 Å². The first-order chi connectivity index (χ1) is 18.6. The minimum absolute atomic E-state index is 0.0158. The second kappa shape index (κ2) is 7.81. The lowest BCUT2D eigenvalue weighted by Crippen LogP contribution is -2.20. The smallest absolute Gasteiger partial charge is 0.182 e. The Hall–Kier alpha value is -3.19. The van der Waals surface area contributed by atoms with Crippen LogP contribution < -0.4 is 0 Å². The molecule has 1 aromatic carbocycles. The van der Waals surface area contributed by atoms with Crippen molar-refractivity contribution in [1.82, 2.24) is 29.7 Å². The van der Waals surface area contributed by atoms with Gasteiger partial charge in [0.15, 0.2) is 5.65 Å². The molecular formula is C24H26N6O. The van der Waals surface area contributed by atoms with E-state index in [0.29, 0.717) is 42.1 Å². The Labute approximate surface area is 194 Å². The van der Waals surface area contributed by atoms with Crippen molar-refractivity contribution in [3.63, 3.8) is 0 Å². The zero-order valence-electron chi connectivity index (χ0n) is 25.8. The molecule has 1 fully saturated rings. The van der Waals surface area contributed by atoms with E-state index in [0.717, 1.165) is 10.2 Å². The molecule has 0 saturated carbocycles. The van der Waals surface area contributed by atoms with Gasteiger partial charge in [0.1, 0.15) is 17.0 Å². The van der Waals surface area contributed by atoms with Gasteiger partial charge in [-0.05, 0) is 33.5 Å². The molecular weight excluding hydrogens is 388 g/mol. The molecule has 7 nitrogen and oxygen atoms in total. The molecule has 0 N–H and O–H groups in total. The molecule has 0 aliphatic carbocycles. The maximum absolute atomic E-state index is 7.90. The summed E-state index contributed by atoms with van der Waals surface area (Å²) in [5.41, 5.74) is 1.44. The zero-order chi connectivity index (χ0) is 29.0. The third-order valence-electron chi connectivity index (χ3n) is 5.50. The Morgan fingerprint density at radius 1 is 1.06 bits per heavy atom. The normalized spacial score (nSPS) is 24.6. The van der Waals surface area contributed by atoms with E-state index in [1.807, 2.05) is 31.2 Å². The van der Waals surface area contributed by atoms with Gasteiger partial charge >= 0.3 is 0 Å². The summed E-state index contributed by atoms with van der Waals surface area (Å²) in [6, 6.07) is 7.41. The fourth-order valence-corrected chi connectivity index (χ4v) is 3.83. The minimum Gasteiger partial charge on any atom is -0.373 e. The van der Waals surface area contributed by atoms with Crippen LogP contribution in [0.4, 0.5) is 0 Å². The first-order valence-corrected chi connectivity index (χ1v) is 9.95. The summed E-state index contributed by atoms with van der Waals surface area (Å²) in [6.45, 7) is -5.78. The predicted octanol–water partition coefficient (Wildman–Crippen LogP) is 4.38. The van der Waals surface area contributed by atoms with Crippen LogP contribution in [0.2, 0.25) is 0 Å². The summed E-state index contributed by atoms with van der Waals surface area (Å²) in [5, 5.41) is 3.95. The standard InChI is InChI=1S/C24H26N6O/c1-14-5-7-17(8-6-14)21-22-24(27-16(3)15(2)26-22)29-23(28-21)18-9-10-31-20(11-18)19-12-25-30(4)13-19/h5-8,12-13,18,20H,9-11H2,1-4H3/t18-,20+/m0/s1/i2D3,3D3,4D3. The third kappa shape index (κ3) is 3.81. The molecule has 5 rings (SSSR count).